The van der Waals surface area contributed by atoms with E-state index in [4.69, 9.17) is 0 Å². The first-order valence-corrected chi connectivity index (χ1v) is 9.77. The summed E-state index contributed by atoms with van der Waals surface area (Å²) >= 11 is 0. The fraction of sp³-hybridized carbons (Fsp3) is 0.667. The second-order valence-corrected chi connectivity index (χ2v) is 8.28. The predicted octanol–water partition coefficient (Wildman–Crippen LogP) is 3.09. The third-order valence-electron chi connectivity index (χ3n) is 5.61. The number of hydrogen-bond acceptors (Lipinski definition) is 3. The maximum absolute atomic E-state index is 12.8. The molecule has 1 N–H and O–H groups in total. The molecule has 1 amide bonds. The molecule has 1 aromatic rings. The topological polar surface area (TPSA) is 43.8 Å². The molecular weight excluding hydrogens is 312 g/mol. The first-order valence-electron chi connectivity index (χ1n) is 9.77. The fourth-order valence-electron chi connectivity index (χ4n) is 4.03. The van der Waals surface area contributed by atoms with E-state index in [-0.39, 0.29) is 5.91 Å². The first kappa shape index (κ1) is 18.4. The lowest BCUT2D eigenvalue weighted by Gasteiger charge is -2.36. The molecule has 4 heteroatoms. The number of rotatable bonds is 5. The Morgan fingerprint density at radius 2 is 1.84 bits per heavy atom. The number of nitrogens with zero attached hydrogens (tertiary/aromatic N) is 2. The molecule has 0 radical (unpaired) electrons. The van der Waals surface area contributed by atoms with E-state index in [9.17, 15) is 9.90 Å². The quantitative estimate of drug-likeness (QED) is 0.893. The highest BCUT2D eigenvalue weighted by atomic mass is 16.3. The third-order valence-corrected chi connectivity index (χ3v) is 5.61. The smallest absolute Gasteiger partial charge is 0.253 e. The minimum atomic E-state index is -0.669. The van der Waals surface area contributed by atoms with Gasteiger partial charge in [-0.1, -0.05) is 12.1 Å². The van der Waals surface area contributed by atoms with E-state index in [0.29, 0.717) is 12.5 Å². The second-order valence-electron chi connectivity index (χ2n) is 8.28. The predicted molar refractivity (Wildman–Crippen MR) is 101 cm³/mol. The fourth-order valence-corrected chi connectivity index (χ4v) is 4.03. The number of amides is 1. The number of carbonyl (C=O) groups excluding carboxylic acids is 1. The van der Waals surface area contributed by atoms with Crippen molar-refractivity contribution in [3.8, 4) is 0 Å². The first-order chi connectivity index (χ1) is 11.9. The number of carbonyl (C=O) groups is 1. The molecule has 0 bridgehead atoms. The van der Waals surface area contributed by atoms with Gasteiger partial charge < -0.3 is 14.9 Å². The van der Waals surface area contributed by atoms with Crippen molar-refractivity contribution in [2.75, 3.05) is 26.2 Å². The van der Waals surface area contributed by atoms with E-state index >= 15 is 0 Å². The molecule has 0 spiro atoms. The SMILES string of the molecule is CC(C)(O)CCc1cccc(C(=O)N2CCC(N3CCCC3)CC2)c1. The number of aryl methyl sites for hydroxylation is 1. The highest BCUT2D eigenvalue weighted by Crippen LogP contribution is 2.22. The van der Waals surface area contributed by atoms with Gasteiger partial charge in [-0.15, -0.1) is 0 Å². The molecule has 0 aromatic heterocycles. The Hall–Kier alpha value is -1.39. The average molecular weight is 344 g/mol. The second kappa shape index (κ2) is 7.88. The number of aliphatic hydroxyl groups is 1. The zero-order valence-corrected chi connectivity index (χ0v) is 15.7. The summed E-state index contributed by atoms with van der Waals surface area (Å²) < 4.78 is 0. The number of benzene rings is 1. The van der Waals surface area contributed by atoms with Crippen LogP contribution in [0.4, 0.5) is 0 Å². The van der Waals surface area contributed by atoms with Gasteiger partial charge in [0.05, 0.1) is 5.60 Å². The van der Waals surface area contributed by atoms with E-state index < -0.39 is 5.60 Å². The minimum Gasteiger partial charge on any atom is -0.390 e. The van der Waals surface area contributed by atoms with Crippen LogP contribution in [0.25, 0.3) is 0 Å². The van der Waals surface area contributed by atoms with Gasteiger partial charge in [-0.25, -0.2) is 0 Å². The van der Waals surface area contributed by atoms with Crippen LogP contribution in [-0.4, -0.2) is 58.6 Å². The summed E-state index contributed by atoms with van der Waals surface area (Å²) in [6.07, 6.45) is 6.36. The molecule has 1 aromatic carbocycles. The lowest BCUT2D eigenvalue weighted by molar-refractivity contribution is 0.0644. The normalized spacial score (nSPS) is 20.2. The van der Waals surface area contributed by atoms with Crippen molar-refractivity contribution in [1.82, 2.24) is 9.80 Å². The molecule has 0 unspecified atom stereocenters. The Kier molecular flexibility index (Phi) is 5.80. The maximum atomic E-state index is 12.8. The van der Waals surface area contributed by atoms with Gasteiger partial charge in [0.15, 0.2) is 0 Å². The van der Waals surface area contributed by atoms with Gasteiger partial charge in [0.2, 0.25) is 0 Å². The highest BCUT2D eigenvalue weighted by molar-refractivity contribution is 5.94. The van der Waals surface area contributed by atoms with Crippen molar-refractivity contribution in [3.63, 3.8) is 0 Å². The monoisotopic (exact) mass is 344 g/mol. The molecule has 0 atom stereocenters. The van der Waals surface area contributed by atoms with Crippen LogP contribution in [0.15, 0.2) is 24.3 Å². The summed E-state index contributed by atoms with van der Waals surface area (Å²) in [5.41, 5.74) is 1.24. The van der Waals surface area contributed by atoms with Crippen LogP contribution in [0.1, 0.15) is 61.9 Å². The molecule has 138 valence electrons. The summed E-state index contributed by atoms with van der Waals surface area (Å²) in [6.45, 7) is 7.87. The molecular formula is C21H32N2O2. The van der Waals surface area contributed by atoms with Crippen LogP contribution in [0.3, 0.4) is 0 Å². The average Bonchev–Trinajstić information content (AvgIpc) is 3.14. The molecule has 2 aliphatic rings. The van der Waals surface area contributed by atoms with Crippen molar-refractivity contribution in [2.24, 2.45) is 0 Å². The van der Waals surface area contributed by atoms with Crippen LogP contribution >= 0.6 is 0 Å². The van der Waals surface area contributed by atoms with Gasteiger partial charge in [-0.3, -0.25) is 4.79 Å². The maximum Gasteiger partial charge on any atom is 0.253 e. The molecule has 3 rings (SSSR count). The Bertz CT molecular complexity index is 580. The largest absolute Gasteiger partial charge is 0.390 e. The van der Waals surface area contributed by atoms with Crippen LogP contribution in [0.5, 0.6) is 0 Å². The molecule has 2 fully saturated rings. The summed E-state index contributed by atoms with van der Waals surface area (Å²) in [6, 6.07) is 8.60. The lowest BCUT2D eigenvalue weighted by atomic mass is 9.97. The standard InChI is InChI=1S/C21H32N2O2/c1-21(2,25)11-8-17-6-5-7-18(16-17)20(24)23-14-9-19(10-15-23)22-12-3-4-13-22/h5-7,16,19,25H,3-4,8-15H2,1-2H3. The summed E-state index contributed by atoms with van der Waals surface area (Å²) in [7, 11) is 0. The molecule has 0 saturated carbocycles. The number of hydrogen-bond donors (Lipinski definition) is 1. The Morgan fingerprint density at radius 3 is 2.48 bits per heavy atom. The number of likely N-dealkylation sites (tertiary alicyclic amines) is 2. The van der Waals surface area contributed by atoms with Crippen LogP contribution < -0.4 is 0 Å². The molecule has 25 heavy (non-hydrogen) atoms. The van der Waals surface area contributed by atoms with Crippen molar-refractivity contribution in [1.29, 1.82) is 0 Å². The molecule has 0 aliphatic carbocycles. The zero-order valence-electron chi connectivity index (χ0n) is 15.7. The highest BCUT2D eigenvalue weighted by Gasteiger charge is 2.28. The van der Waals surface area contributed by atoms with Gasteiger partial charge in [-0.05, 0) is 83.2 Å². The Labute approximate surface area is 151 Å². The number of piperidine rings is 1. The Morgan fingerprint density at radius 1 is 1.16 bits per heavy atom. The van der Waals surface area contributed by atoms with Crippen LogP contribution in [-0.2, 0) is 6.42 Å². The Balaban J connectivity index is 1.56. The minimum absolute atomic E-state index is 0.157. The van der Waals surface area contributed by atoms with E-state index in [0.717, 1.165) is 43.5 Å². The van der Waals surface area contributed by atoms with Crippen molar-refractivity contribution in [2.45, 2.75) is 64.0 Å². The van der Waals surface area contributed by atoms with Gasteiger partial charge in [-0.2, -0.15) is 0 Å². The van der Waals surface area contributed by atoms with Crippen LogP contribution in [0.2, 0.25) is 0 Å². The summed E-state index contributed by atoms with van der Waals surface area (Å²) in [5.74, 6) is 0.157. The van der Waals surface area contributed by atoms with E-state index in [1.807, 2.05) is 43.0 Å². The van der Waals surface area contributed by atoms with Crippen molar-refractivity contribution in [3.05, 3.63) is 35.4 Å². The van der Waals surface area contributed by atoms with Crippen molar-refractivity contribution >= 4 is 5.91 Å². The molecule has 2 heterocycles. The summed E-state index contributed by atoms with van der Waals surface area (Å²) in [4.78, 5) is 17.5. The molecule has 4 nitrogen and oxygen atoms in total. The van der Waals surface area contributed by atoms with Crippen molar-refractivity contribution < 1.29 is 9.90 Å². The van der Waals surface area contributed by atoms with Gasteiger partial charge in [0.1, 0.15) is 0 Å². The molecule has 2 aliphatic heterocycles. The van der Waals surface area contributed by atoms with Gasteiger partial charge in [0, 0.05) is 24.7 Å². The third kappa shape index (κ3) is 5.05. The lowest BCUT2D eigenvalue weighted by Crippen LogP contribution is -2.45. The van der Waals surface area contributed by atoms with E-state index in [2.05, 4.69) is 4.90 Å². The zero-order chi connectivity index (χ0) is 17.9. The van der Waals surface area contributed by atoms with Gasteiger partial charge >= 0.3 is 0 Å². The van der Waals surface area contributed by atoms with E-state index in [1.165, 1.54) is 25.9 Å². The van der Waals surface area contributed by atoms with Gasteiger partial charge in [0.25, 0.3) is 5.91 Å². The summed E-state index contributed by atoms with van der Waals surface area (Å²) in [5, 5.41) is 9.90. The van der Waals surface area contributed by atoms with Crippen LogP contribution in [0, 0.1) is 0 Å². The molecule has 2 saturated heterocycles. The van der Waals surface area contributed by atoms with E-state index in [1.54, 1.807) is 0 Å².